The summed E-state index contributed by atoms with van der Waals surface area (Å²) in [6.07, 6.45) is 1.65. The Morgan fingerprint density at radius 3 is 1.82 bits per heavy atom. The molecule has 2 heteroatoms. The summed E-state index contributed by atoms with van der Waals surface area (Å²) in [5.41, 5.74) is 1.37. The van der Waals surface area contributed by atoms with Crippen LogP contribution in [0.2, 0.25) is 0 Å². The van der Waals surface area contributed by atoms with Crippen molar-refractivity contribution in [3.05, 3.63) is 23.8 Å². The Morgan fingerprint density at radius 2 is 1.73 bits per heavy atom. The summed E-state index contributed by atoms with van der Waals surface area (Å²) in [5.74, 6) is 0. The third-order valence-electron chi connectivity index (χ3n) is 0.715. The smallest absolute Gasteiger partial charge is 0.251 e. The van der Waals surface area contributed by atoms with Gasteiger partial charge in [0.1, 0.15) is 0 Å². The molecule has 0 rings (SSSR count). The second kappa shape index (κ2) is 7.55. The van der Waals surface area contributed by atoms with Crippen molar-refractivity contribution in [1.29, 1.82) is 0 Å². The number of carbonyl (C=O) groups excluding carboxylic acids is 1. The first-order valence-corrected chi connectivity index (χ1v) is 3.95. The highest BCUT2D eigenvalue weighted by Crippen LogP contribution is 2.02. The molecule has 0 atom stereocenters. The number of carbonyl (C=O) groups is 1. The number of hydrogen-bond donors (Lipinski definition) is 0. The van der Waals surface area contributed by atoms with Crippen molar-refractivity contribution in [2.24, 2.45) is 0 Å². The quantitative estimate of drug-likeness (QED) is 0.357. The summed E-state index contributed by atoms with van der Waals surface area (Å²) in [6, 6.07) is 0. The zero-order valence-corrected chi connectivity index (χ0v) is 8.33. The lowest BCUT2D eigenvalue weighted by Gasteiger charge is -1.89. The van der Waals surface area contributed by atoms with Crippen LogP contribution in [0.3, 0.4) is 0 Å². The van der Waals surface area contributed by atoms with Crippen molar-refractivity contribution in [2.45, 2.75) is 27.7 Å². The molecule has 0 amide bonds. The minimum Gasteiger partial charge on any atom is -0.276 e. The molecule has 0 fully saturated rings. The molecule has 0 spiro atoms. The molecule has 0 unspecified atom stereocenters. The van der Waals surface area contributed by atoms with Crippen molar-refractivity contribution < 1.29 is 4.79 Å². The van der Waals surface area contributed by atoms with Crippen LogP contribution < -0.4 is 0 Å². The Hall–Kier alpha value is -0.560. The van der Waals surface area contributed by atoms with Crippen LogP contribution in [-0.4, -0.2) is 5.24 Å². The third-order valence-corrected chi connectivity index (χ3v) is 0.958. The van der Waals surface area contributed by atoms with Crippen LogP contribution in [0.1, 0.15) is 27.7 Å². The fraction of sp³-hybridized carbons (Fsp3) is 0.444. The molecule has 11 heavy (non-hydrogen) atoms. The fourth-order valence-electron chi connectivity index (χ4n) is 0.405. The van der Waals surface area contributed by atoms with Gasteiger partial charge in [0.15, 0.2) is 0 Å². The van der Waals surface area contributed by atoms with E-state index < -0.39 is 5.24 Å². The van der Waals surface area contributed by atoms with E-state index in [0.29, 0.717) is 5.57 Å². The Kier molecular flexibility index (Phi) is 8.96. The van der Waals surface area contributed by atoms with Gasteiger partial charge >= 0.3 is 0 Å². The van der Waals surface area contributed by atoms with Crippen molar-refractivity contribution >= 4 is 16.8 Å². The standard InChI is InChI=1S/C7H9ClO.C2H6/c1-5(2)4-6(3)7(8)9;1-2/h4H,3H2,1-2H3;1-2H3. The van der Waals surface area contributed by atoms with E-state index in [4.69, 9.17) is 11.6 Å². The largest absolute Gasteiger partial charge is 0.276 e. The van der Waals surface area contributed by atoms with Gasteiger partial charge in [-0.15, -0.1) is 0 Å². The van der Waals surface area contributed by atoms with Crippen molar-refractivity contribution in [1.82, 2.24) is 0 Å². The number of rotatable bonds is 2. The average molecular weight is 175 g/mol. The minimum absolute atomic E-state index is 0.344. The SMILES string of the molecule is C=C(C=C(C)C)C(=O)Cl.CC. The first kappa shape index (κ1) is 13.1. The summed E-state index contributed by atoms with van der Waals surface area (Å²) in [7, 11) is 0. The third kappa shape index (κ3) is 9.44. The lowest BCUT2D eigenvalue weighted by atomic mass is 10.2. The van der Waals surface area contributed by atoms with Crippen LogP contribution in [-0.2, 0) is 4.79 Å². The van der Waals surface area contributed by atoms with E-state index in [1.54, 1.807) is 6.08 Å². The van der Waals surface area contributed by atoms with Gasteiger partial charge in [-0.1, -0.05) is 32.1 Å². The van der Waals surface area contributed by atoms with E-state index in [1.165, 1.54) is 0 Å². The first-order valence-electron chi connectivity index (χ1n) is 3.57. The van der Waals surface area contributed by atoms with E-state index in [0.717, 1.165) is 5.57 Å². The molecular formula is C9H15ClO. The van der Waals surface area contributed by atoms with Crippen LogP contribution >= 0.6 is 11.6 Å². The summed E-state index contributed by atoms with van der Waals surface area (Å²) in [6.45, 7) is 11.2. The maximum atomic E-state index is 10.3. The average Bonchev–Trinajstić information content (AvgIpc) is 1.90. The number of halogens is 1. The molecule has 64 valence electrons. The van der Waals surface area contributed by atoms with Gasteiger partial charge < -0.3 is 0 Å². The fourth-order valence-corrected chi connectivity index (χ4v) is 0.460. The molecule has 0 aromatic carbocycles. The van der Waals surface area contributed by atoms with Crippen molar-refractivity contribution in [3.63, 3.8) is 0 Å². The predicted octanol–water partition coefficient (Wildman–Crippen LogP) is 3.30. The summed E-state index contributed by atoms with van der Waals surface area (Å²) in [5, 5.41) is -0.490. The monoisotopic (exact) mass is 174 g/mol. The summed E-state index contributed by atoms with van der Waals surface area (Å²) >= 11 is 5.09. The molecule has 1 nitrogen and oxygen atoms in total. The maximum Gasteiger partial charge on any atom is 0.251 e. The Morgan fingerprint density at radius 1 is 1.36 bits per heavy atom. The highest BCUT2D eigenvalue weighted by atomic mass is 35.5. The lowest BCUT2D eigenvalue weighted by molar-refractivity contribution is -0.108. The van der Waals surface area contributed by atoms with Crippen LogP contribution in [0.25, 0.3) is 0 Å². The van der Waals surface area contributed by atoms with E-state index >= 15 is 0 Å². The van der Waals surface area contributed by atoms with E-state index in [-0.39, 0.29) is 0 Å². The van der Waals surface area contributed by atoms with Crippen LogP contribution in [0.4, 0.5) is 0 Å². The molecule has 0 radical (unpaired) electrons. The molecular weight excluding hydrogens is 160 g/mol. The van der Waals surface area contributed by atoms with Gasteiger partial charge in [0, 0.05) is 5.57 Å². The van der Waals surface area contributed by atoms with E-state index in [9.17, 15) is 4.79 Å². The second-order valence-electron chi connectivity index (χ2n) is 2.02. The van der Waals surface area contributed by atoms with Gasteiger partial charge in [0.05, 0.1) is 0 Å². The normalized spacial score (nSPS) is 7.36. The Labute approximate surface area is 73.8 Å². The second-order valence-corrected chi connectivity index (χ2v) is 2.36. The Balaban J connectivity index is 0. The molecule has 0 aliphatic rings. The lowest BCUT2D eigenvalue weighted by Crippen LogP contribution is -1.86. The van der Waals surface area contributed by atoms with Crippen LogP contribution in [0, 0.1) is 0 Å². The van der Waals surface area contributed by atoms with Gasteiger partial charge in [-0.3, -0.25) is 4.79 Å². The topological polar surface area (TPSA) is 17.1 Å². The first-order chi connectivity index (χ1) is 5.04. The summed E-state index contributed by atoms with van der Waals surface area (Å²) < 4.78 is 0. The van der Waals surface area contributed by atoms with Gasteiger partial charge in [0.25, 0.3) is 5.24 Å². The number of allylic oxidation sites excluding steroid dienone is 3. The maximum absolute atomic E-state index is 10.3. The predicted molar refractivity (Wildman–Crippen MR) is 50.8 cm³/mol. The van der Waals surface area contributed by atoms with E-state index in [1.807, 2.05) is 27.7 Å². The molecule has 0 N–H and O–H groups in total. The van der Waals surface area contributed by atoms with Gasteiger partial charge in [-0.05, 0) is 25.4 Å². The molecule has 0 saturated carbocycles. The van der Waals surface area contributed by atoms with Crippen LogP contribution in [0.5, 0.6) is 0 Å². The van der Waals surface area contributed by atoms with E-state index in [2.05, 4.69) is 6.58 Å². The molecule has 0 aromatic heterocycles. The van der Waals surface area contributed by atoms with Gasteiger partial charge in [0.2, 0.25) is 0 Å². The molecule has 0 aliphatic carbocycles. The van der Waals surface area contributed by atoms with Crippen molar-refractivity contribution in [2.75, 3.05) is 0 Å². The Bertz CT molecular complexity index is 164. The zero-order valence-electron chi connectivity index (χ0n) is 7.57. The molecule has 0 heterocycles. The molecule has 0 aliphatic heterocycles. The zero-order chi connectivity index (χ0) is 9.44. The van der Waals surface area contributed by atoms with Gasteiger partial charge in [-0.25, -0.2) is 0 Å². The molecule has 0 aromatic rings. The van der Waals surface area contributed by atoms with Crippen molar-refractivity contribution in [3.8, 4) is 0 Å². The summed E-state index contributed by atoms with van der Waals surface area (Å²) in [4.78, 5) is 10.3. The van der Waals surface area contributed by atoms with Crippen LogP contribution in [0.15, 0.2) is 23.8 Å². The highest BCUT2D eigenvalue weighted by Gasteiger charge is 1.96. The number of hydrogen-bond acceptors (Lipinski definition) is 1. The molecule has 0 saturated heterocycles. The minimum atomic E-state index is -0.490. The molecule has 0 bridgehead atoms. The van der Waals surface area contributed by atoms with Gasteiger partial charge in [-0.2, -0.15) is 0 Å². The highest BCUT2D eigenvalue weighted by molar-refractivity contribution is 6.68.